The fourth-order valence-electron chi connectivity index (χ4n) is 3.65. The number of carbonyl (C=O) groups excluding carboxylic acids is 2. The summed E-state index contributed by atoms with van der Waals surface area (Å²) in [4.78, 5) is 27.0. The van der Waals surface area contributed by atoms with Gasteiger partial charge in [0.25, 0.3) is 0 Å². The zero-order chi connectivity index (χ0) is 20.5. The maximum atomic E-state index is 12.5. The van der Waals surface area contributed by atoms with Crippen molar-refractivity contribution < 1.29 is 14.3 Å². The van der Waals surface area contributed by atoms with Gasteiger partial charge in [-0.25, -0.2) is 9.59 Å². The normalized spacial score (nSPS) is 16.0. The molecule has 1 unspecified atom stereocenters. The number of hydrogen-bond donors (Lipinski definition) is 2. The number of hydrogen-bond acceptors (Lipinski definition) is 4. The number of amides is 2. The highest BCUT2D eigenvalue weighted by atomic mass is 16.5. The van der Waals surface area contributed by atoms with E-state index in [2.05, 4.69) is 39.8 Å². The highest BCUT2D eigenvalue weighted by Gasteiger charge is 2.25. The highest BCUT2D eigenvalue weighted by Crippen LogP contribution is 2.14. The summed E-state index contributed by atoms with van der Waals surface area (Å²) in [6.07, 6.45) is 2.18. The predicted octanol–water partition coefficient (Wildman–Crippen LogP) is 2.73. The van der Waals surface area contributed by atoms with Gasteiger partial charge in [0.15, 0.2) is 0 Å². The molecule has 1 aliphatic rings. The minimum absolute atomic E-state index is 0.108. The van der Waals surface area contributed by atoms with Crippen LogP contribution in [-0.4, -0.2) is 49.2 Å². The van der Waals surface area contributed by atoms with E-state index < -0.39 is 12.0 Å². The van der Waals surface area contributed by atoms with Crippen molar-refractivity contribution in [2.24, 2.45) is 0 Å². The first-order valence-corrected chi connectivity index (χ1v) is 10.1. The van der Waals surface area contributed by atoms with Crippen molar-refractivity contribution in [3.05, 3.63) is 71.8 Å². The number of methoxy groups -OCH3 is 1. The molecule has 0 saturated carbocycles. The summed E-state index contributed by atoms with van der Waals surface area (Å²) in [7, 11) is 1.34. The number of ether oxygens (including phenoxy) is 1. The molecule has 1 fully saturated rings. The van der Waals surface area contributed by atoms with Gasteiger partial charge in [0.1, 0.15) is 6.04 Å². The average molecular weight is 396 g/mol. The van der Waals surface area contributed by atoms with Gasteiger partial charge in [0.05, 0.1) is 7.11 Å². The minimum Gasteiger partial charge on any atom is -0.467 e. The summed E-state index contributed by atoms with van der Waals surface area (Å²) in [6, 6.07) is 19.1. The van der Waals surface area contributed by atoms with Crippen LogP contribution in [0.4, 0.5) is 4.79 Å². The molecular formula is C23H29N3O3. The maximum Gasteiger partial charge on any atom is 0.328 e. The molecule has 1 heterocycles. The molecule has 2 aromatic carbocycles. The highest BCUT2D eigenvalue weighted by molar-refractivity contribution is 5.83. The molecule has 6 nitrogen and oxygen atoms in total. The lowest BCUT2D eigenvalue weighted by Crippen LogP contribution is -2.52. The number of carbonyl (C=O) groups is 2. The summed E-state index contributed by atoms with van der Waals surface area (Å²) in [5.74, 6) is -0.443. The van der Waals surface area contributed by atoms with Crippen LogP contribution >= 0.6 is 0 Å². The summed E-state index contributed by atoms with van der Waals surface area (Å²) < 4.78 is 4.86. The number of likely N-dealkylation sites (tertiary alicyclic amines) is 1. The topological polar surface area (TPSA) is 70.7 Å². The lowest BCUT2D eigenvalue weighted by Gasteiger charge is -2.32. The zero-order valence-electron chi connectivity index (χ0n) is 16.8. The van der Waals surface area contributed by atoms with Crippen molar-refractivity contribution >= 4 is 12.0 Å². The van der Waals surface area contributed by atoms with Crippen LogP contribution in [-0.2, 0) is 22.5 Å². The molecule has 0 radical (unpaired) electrons. The van der Waals surface area contributed by atoms with Crippen LogP contribution in [0.3, 0.4) is 0 Å². The molecule has 1 aliphatic heterocycles. The van der Waals surface area contributed by atoms with Gasteiger partial charge < -0.3 is 15.4 Å². The van der Waals surface area contributed by atoms with Crippen LogP contribution in [0.15, 0.2) is 60.7 Å². The molecule has 2 aromatic rings. The number of nitrogens with one attached hydrogen (secondary N) is 2. The molecule has 2 amide bonds. The third-order valence-electron chi connectivity index (χ3n) is 5.25. The Labute approximate surface area is 172 Å². The van der Waals surface area contributed by atoms with Crippen LogP contribution in [0.2, 0.25) is 0 Å². The zero-order valence-corrected chi connectivity index (χ0v) is 16.8. The Hall–Kier alpha value is -2.86. The Kier molecular flexibility index (Phi) is 7.64. The fraction of sp³-hybridized carbons (Fsp3) is 0.391. The van der Waals surface area contributed by atoms with Crippen molar-refractivity contribution in [3.63, 3.8) is 0 Å². The maximum absolute atomic E-state index is 12.5. The second kappa shape index (κ2) is 10.6. The molecular weight excluding hydrogens is 366 g/mol. The molecule has 0 aliphatic carbocycles. The Bertz CT molecular complexity index is 774. The van der Waals surface area contributed by atoms with Crippen molar-refractivity contribution in [1.82, 2.24) is 15.5 Å². The summed E-state index contributed by atoms with van der Waals surface area (Å²) in [5, 5.41) is 5.79. The lowest BCUT2D eigenvalue weighted by molar-refractivity contribution is -0.142. The quantitative estimate of drug-likeness (QED) is 0.708. The van der Waals surface area contributed by atoms with Crippen molar-refractivity contribution in [1.29, 1.82) is 0 Å². The Morgan fingerprint density at radius 2 is 1.59 bits per heavy atom. The standard InChI is InChI=1S/C23H29N3O3/c1-29-22(27)21(16-18-8-4-2-5-9-18)25-23(28)24-20-12-14-26(15-13-20)17-19-10-6-3-7-11-19/h2-11,20-21H,12-17H2,1H3,(H2,24,25,28). The Balaban J connectivity index is 1.46. The van der Waals surface area contributed by atoms with Gasteiger partial charge in [-0.1, -0.05) is 60.7 Å². The molecule has 2 N–H and O–H groups in total. The van der Waals surface area contributed by atoms with Gasteiger partial charge >= 0.3 is 12.0 Å². The van der Waals surface area contributed by atoms with Gasteiger partial charge in [-0.05, 0) is 24.0 Å². The second-order valence-corrected chi connectivity index (χ2v) is 7.42. The first-order valence-electron chi connectivity index (χ1n) is 10.1. The number of rotatable bonds is 7. The van der Waals surface area contributed by atoms with E-state index in [9.17, 15) is 9.59 Å². The second-order valence-electron chi connectivity index (χ2n) is 7.42. The molecule has 0 aromatic heterocycles. The van der Waals surface area contributed by atoms with Gasteiger partial charge in [-0.3, -0.25) is 4.90 Å². The third kappa shape index (κ3) is 6.61. The van der Waals surface area contributed by atoms with Crippen LogP contribution < -0.4 is 10.6 Å². The molecule has 29 heavy (non-hydrogen) atoms. The molecule has 0 spiro atoms. The number of benzene rings is 2. The van der Waals surface area contributed by atoms with Crippen LogP contribution in [0.5, 0.6) is 0 Å². The van der Waals surface area contributed by atoms with E-state index in [4.69, 9.17) is 4.74 Å². The van der Waals surface area contributed by atoms with Crippen molar-refractivity contribution in [2.45, 2.75) is 37.9 Å². The minimum atomic E-state index is -0.708. The molecule has 0 bridgehead atoms. The molecule has 1 atom stereocenters. The van der Waals surface area contributed by atoms with E-state index in [-0.39, 0.29) is 12.1 Å². The molecule has 6 heteroatoms. The number of piperidine rings is 1. The fourth-order valence-corrected chi connectivity index (χ4v) is 3.65. The van der Waals surface area contributed by atoms with E-state index in [1.54, 1.807) is 0 Å². The summed E-state index contributed by atoms with van der Waals surface area (Å²) in [5.41, 5.74) is 2.27. The third-order valence-corrected chi connectivity index (χ3v) is 5.25. The van der Waals surface area contributed by atoms with Crippen molar-refractivity contribution in [3.8, 4) is 0 Å². The molecule has 1 saturated heterocycles. The van der Waals surface area contributed by atoms with Crippen molar-refractivity contribution in [2.75, 3.05) is 20.2 Å². The van der Waals surface area contributed by atoms with Crippen LogP contribution in [0.1, 0.15) is 24.0 Å². The monoisotopic (exact) mass is 395 g/mol. The van der Waals surface area contributed by atoms with Crippen LogP contribution in [0.25, 0.3) is 0 Å². The predicted molar refractivity (Wildman–Crippen MR) is 112 cm³/mol. The summed E-state index contributed by atoms with van der Waals surface area (Å²) >= 11 is 0. The van der Waals surface area contributed by atoms with E-state index in [1.165, 1.54) is 12.7 Å². The molecule has 154 valence electrons. The Morgan fingerprint density at radius 1 is 1.00 bits per heavy atom. The van der Waals surface area contributed by atoms with Gasteiger partial charge in [-0.15, -0.1) is 0 Å². The van der Waals surface area contributed by atoms with Gasteiger partial charge in [-0.2, -0.15) is 0 Å². The number of urea groups is 1. The first kappa shape index (κ1) is 20.9. The Morgan fingerprint density at radius 3 is 2.17 bits per heavy atom. The lowest BCUT2D eigenvalue weighted by atomic mass is 10.0. The van der Waals surface area contributed by atoms with Crippen LogP contribution in [0, 0.1) is 0 Å². The van der Waals surface area contributed by atoms with Gasteiger partial charge in [0, 0.05) is 32.1 Å². The average Bonchev–Trinajstić information content (AvgIpc) is 2.75. The molecule has 3 rings (SSSR count). The first-order chi connectivity index (χ1) is 14.1. The number of nitrogens with zero attached hydrogens (tertiary/aromatic N) is 1. The van der Waals surface area contributed by atoms with E-state index in [0.717, 1.165) is 38.0 Å². The SMILES string of the molecule is COC(=O)C(Cc1ccccc1)NC(=O)NC1CCN(Cc2ccccc2)CC1. The smallest absolute Gasteiger partial charge is 0.328 e. The summed E-state index contributed by atoms with van der Waals surface area (Å²) in [6.45, 7) is 2.80. The van der Waals surface area contributed by atoms with Gasteiger partial charge in [0.2, 0.25) is 0 Å². The van der Waals surface area contributed by atoms with E-state index >= 15 is 0 Å². The largest absolute Gasteiger partial charge is 0.467 e. The van der Waals surface area contributed by atoms with E-state index in [1.807, 2.05) is 36.4 Å². The number of esters is 1. The van der Waals surface area contributed by atoms with E-state index in [0.29, 0.717) is 6.42 Å².